The molecule has 0 spiro atoms. The van der Waals surface area contributed by atoms with Gasteiger partial charge in [0.15, 0.2) is 0 Å². The van der Waals surface area contributed by atoms with Crippen molar-refractivity contribution in [2.24, 2.45) is 24.2 Å². The van der Waals surface area contributed by atoms with E-state index in [9.17, 15) is 0 Å². The van der Waals surface area contributed by atoms with Gasteiger partial charge in [-0.25, -0.2) is 4.98 Å². The maximum absolute atomic E-state index is 5.77. The number of benzene rings is 1. The minimum absolute atomic E-state index is 0.245. The molecule has 0 amide bonds. The molecule has 0 fully saturated rings. The minimum Gasteiger partial charge on any atom is -0.331 e. The highest BCUT2D eigenvalue weighted by Gasteiger charge is 2.24. The van der Waals surface area contributed by atoms with E-state index in [0.29, 0.717) is 11.3 Å². The molecule has 3 N–H and O–H groups in total. The van der Waals surface area contributed by atoms with Gasteiger partial charge in [0.25, 0.3) is 0 Å². The predicted molar refractivity (Wildman–Crippen MR) is 88.8 cm³/mol. The zero-order chi connectivity index (χ0) is 15.6. The molecule has 0 saturated carbocycles. The van der Waals surface area contributed by atoms with Crippen molar-refractivity contribution in [3.8, 4) is 0 Å². The van der Waals surface area contributed by atoms with Gasteiger partial charge in [0.1, 0.15) is 5.82 Å². The number of fused-ring (bicyclic) bond motifs is 1. The molecule has 1 aromatic heterocycles. The van der Waals surface area contributed by atoms with E-state index < -0.39 is 0 Å². The maximum Gasteiger partial charge on any atom is 0.111 e. The van der Waals surface area contributed by atoms with Gasteiger partial charge in [0, 0.05) is 19.5 Å². The summed E-state index contributed by atoms with van der Waals surface area (Å²) in [4.78, 5) is 4.74. The molecule has 2 aromatic rings. The van der Waals surface area contributed by atoms with Crippen molar-refractivity contribution in [3.05, 3.63) is 30.1 Å². The molecule has 0 radical (unpaired) electrons. The molecule has 0 aliphatic heterocycles. The monoisotopic (exact) mass is 288 g/mol. The van der Waals surface area contributed by atoms with Gasteiger partial charge in [-0.05, 0) is 29.9 Å². The van der Waals surface area contributed by atoms with Crippen LogP contribution in [0.3, 0.4) is 0 Å². The summed E-state index contributed by atoms with van der Waals surface area (Å²) < 4.78 is 2.17. The van der Waals surface area contributed by atoms with Gasteiger partial charge in [-0.15, -0.1) is 0 Å². The highest BCUT2D eigenvalue weighted by molar-refractivity contribution is 5.75. The molecule has 0 aliphatic carbocycles. The summed E-state index contributed by atoms with van der Waals surface area (Å²) in [6, 6.07) is 8.48. The summed E-state index contributed by atoms with van der Waals surface area (Å²) in [5, 5.41) is 0. The van der Waals surface area contributed by atoms with Crippen molar-refractivity contribution in [3.63, 3.8) is 0 Å². The predicted octanol–water partition coefficient (Wildman–Crippen LogP) is 3.02. The molecule has 1 heterocycles. The van der Waals surface area contributed by atoms with Crippen LogP contribution < -0.4 is 11.3 Å². The number of nitrogens with one attached hydrogen (secondary N) is 1. The Morgan fingerprint density at radius 2 is 1.95 bits per heavy atom. The van der Waals surface area contributed by atoms with Crippen LogP contribution in [0.15, 0.2) is 24.3 Å². The Bertz CT molecular complexity index is 594. The Morgan fingerprint density at radius 3 is 2.52 bits per heavy atom. The molecule has 1 aromatic carbocycles. The smallest absolute Gasteiger partial charge is 0.111 e. The van der Waals surface area contributed by atoms with Gasteiger partial charge >= 0.3 is 0 Å². The van der Waals surface area contributed by atoms with Gasteiger partial charge in [0.05, 0.1) is 11.0 Å². The van der Waals surface area contributed by atoms with Crippen LogP contribution in [0.2, 0.25) is 0 Å². The highest BCUT2D eigenvalue weighted by Crippen LogP contribution is 2.29. The van der Waals surface area contributed by atoms with E-state index in [4.69, 9.17) is 10.8 Å². The molecule has 4 heteroatoms. The summed E-state index contributed by atoms with van der Waals surface area (Å²) in [6.07, 6.45) is 1.89. The molecule has 116 valence electrons. The summed E-state index contributed by atoms with van der Waals surface area (Å²) in [5.74, 6) is 7.44. The van der Waals surface area contributed by atoms with Crippen molar-refractivity contribution in [1.29, 1.82) is 0 Å². The first kappa shape index (κ1) is 16.0. The average Bonchev–Trinajstić information content (AvgIpc) is 2.74. The molecule has 21 heavy (non-hydrogen) atoms. The topological polar surface area (TPSA) is 55.9 Å². The lowest BCUT2D eigenvalue weighted by atomic mass is 9.78. The number of hydrazine groups is 1. The third kappa shape index (κ3) is 3.63. The standard InChI is InChI=1S/C17H28N4/c1-12(17(2,3)4)10-13(20-18)11-16-19-14-8-6-7-9-15(14)21(16)5/h6-9,12-13,20H,10-11,18H2,1-5H3. The van der Waals surface area contributed by atoms with Crippen molar-refractivity contribution < 1.29 is 0 Å². The van der Waals surface area contributed by atoms with Crippen LogP contribution in [0, 0.1) is 11.3 Å². The van der Waals surface area contributed by atoms with Crippen LogP contribution in [-0.4, -0.2) is 15.6 Å². The zero-order valence-corrected chi connectivity index (χ0v) is 13.9. The van der Waals surface area contributed by atoms with Crippen molar-refractivity contribution in [2.45, 2.75) is 46.6 Å². The van der Waals surface area contributed by atoms with Gasteiger partial charge in [-0.1, -0.05) is 39.8 Å². The van der Waals surface area contributed by atoms with Crippen LogP contribution in [0.5, 0.6) is 0 Å². The minimum atomic E-state index is 0.245. The van der Waals surface area contributed by atoms with Gasteiger partial charge < -0.3 is 4.57 Å². The number of aryl methyl sites for hydroxylation is 1. The molecule has 0 aliphatic rings. The molecular formula is C17H28N4. The fourth-order valence-electron chi connectivity index (χ4n) is 2.59. The lowest BCUT2D eigenvalue weighted by molar-refractivity contribution is 0.221. The third-order valence-corrected chi connectivity index (χ3v) is 4.66. The SMILES string of the molecule is CC(CC(Cc1nc2ccccc2n1C)NN)C(C)(C)C. The molecule has 2 atom stereocenters. The largest absolute Gasteiger partial charge is 0.331 e. The lowest BCUT2D eigenvalue weighted by Crippen LogP contribution is -2.40. The summed E-state index contributed by atoms with van der Waals surface area (Å²) in [5.41, 5.74) is 5.49. The first-order valence-electron chi connectivity index (χ1n) is 7.69. The Labute approximate surface area is 127 Å². The van der Waals surface area contributed by atoms with Crippen LogP contribution >= 0.6 is 0 Å². The van der Waals surface area contributed by atoms with Crippen molar-refractivity contribution in [2.75, 3.05) is 0 Å². The lowest BCUT2D eigenvalue weighted by Gasteiger charge is -2.30. The Balaban J connectivity index is 2.15. The molecule has 4 nitrogen and oxygen atoms in total. The van der Waals surface area contributed by atoms with E-state index in [1.165, 1.54) is 5.52 Å². The number of imidazole rings is 1. The Morgan fingerprint density at radius 1 is 1.29 bits per heavy atom. The van der Waals surface area contributed by atoms with Gasteiger partial charge in [-0.3, -0.25) is 11.3 Å². The van der Waals surface area contributed by atoms with E-state index in [-0.39, 0.29) is 6.04 Å². The Hall–Kier alpha value is -1.39. The Kier molecular flexibility index (Phi) is 4.69. The quantitative estimate of drug-likeness (QED) is 0.657. The van der Waals surface area contributed by atoms with Gasteiger partial charge in [0.2, 0.25) is 0 Å². The number of hydrogen-bond donors (Lipinski definition) is 2. The third-order valence-electron chi connectivity index (χ3n) is 4.66. The van der Waals surface area contributed by atoms with Crippen LogP contribution in [0.1, 0.15) is 39.9 Å². The molecule has 0 bridgehead atoms. The number of nitrogens with zero attached hydrogens (tertiary/aromatic N) is 2. The normalized spacial score (nSPS) is 15.3. The van der Waals surface area contributed by atoms with Crippen LogP contribution in [-0.2, 0) is 13.5 Å². The van der Waals surface area contributed by atoms with E-state index >= 15 is 0 Å². The summed E-state index contributed by atoms with van der Waals surface area (Å²) in [7, 11) is 2.07. The number of aromatic nitrogens is 2. The van der Waals surface area contributed by atoms with E-state index in [2.05, 4.69) is 56.9 Å². The fraction of sp³-hybridized carbons (Fsp3) is 0.588. The van der Waals surface area contributed by atoms with E-state index in [1.54, 1.807) is 0 Å². The molecule has 0 saturated heterocycles. The van der Waals surface area contributed by atoms with Crippen LogP contribution in [0.25, 0.3) is 11.0 Å². The van der Waals surface area contributed by atoms with E-state index in [0.717, 1.165) is 24.2 Å². The number of nitrogens with two attached hydrogens (primary N) is 1. The van der Waals surface area contributed by atoms with Crippen molar-refractivity contribution in [1.82, 2.24) is 15.0 Å². The second-order valence-electron chi connectivity index (χ2n) is 7.15. The first-order valence-corrected chi connectivity index (χ1v) is 7.69. The molecular weight excluding hydrogens is 260 g/mol. The van der Waals surface area contributed by atoms with Gasteiger partial charge in [-0.2, -0.15) is 0 Å². The average molecular weight is 288 g/mol. The fourth-order valence-corrected chi connectivity index (χ4v) is 2.59. The summed E-state index contributed by atoms with van der Waals surface area (Å²) in [6.45, 7) is 9.13. The summed E-state index contributed by atoms with van der Waals surface area (Å²) >= 11 is 0. The molecule has 2 rings (SSSR count). The highest BCUT2D eigenvalue weighted by atomic mass is 15.2. The van der Waals surface area contributed by atoms with Crippen LogP contribution in [0.4, 0.5) is 0 Å². The second kappa shape index (κ2) is 6.16. The zero-order valence-electron chi connectivity index (χ0n) is 13.9. The first-order chi connectivity index (χ1) is 9.82. The number of rotatable bonds is 5. The van der Waals surface area contributed by atoms with E-state index in [1.807, 2.05) is 12.1 Å². The maximum atomic E-state index is 5.77. The number of hydrogen-bond acceptors (Lipinski definition) is 3. The number of para-hydroxylation sites is 2. The molecule has 2 unspecified atom stereocenters. The second-order valence-corrected chi connectivity index (χ2v) is 7.15. The van der Waals surface area contributed by atoms with Crippen molar-refractivity contribution >= 4 is 11.0 Å².